The summed E-state index contributed by atoms with van der Waals surface area (Å²) in [5.74, 6) is 1.27. The van der Waals surface area contributed by atoms with Crippen LogP contribution < -0.4 is 10.6 Å². The van der Waals surface area contributed by atoms with Crippen molar-refractivity contribution in [1.29, 1.82) is 0 Å². The topological polar surface area (TPSA) is 71.7 Å². The van der Waals surface area contributed by atoms with Gasteiger partial charge in [-0.25, -0.2) is 4.98 Å². The SMILES string of the molecule is CN=C(NCCCOCc1ccco1)NCc1nc(C(F)(F)F)cs1.I. The Morgan fingerprint density at radius 1 is 1.38 bits per heavy atom. The number of guanidine groups is 1. The minimum atomic E-state index is -4.41. The van der Waals surface area contributed by atoms with Gasteiger partial charge in [0.05, 0.1) is 12.8 Å². The quantitative estimate of drug-likeness (QED) is 0.249. The highest BCUT2D eigenvalue weighted by Crippen LogP contribution is 2.29. The maximum absolute atomic E-state index is 12.5. The van der Waals surface area contributed by atoms with Gasteiger partial charge in [-0.3, -0.25) is 4.99 Å². The van der Waals surface area contributed by atoms with Gasteiger partial charge in [0.15, 0.2) is 11.7 Å². The van der Waals surface area contributed by atoms with Crippen molar-refractivity contribution in [3.63, 3.8) is 0 Å². The summed E-state index contributed by atoms with van der Waals surface area (Å²) in [6, 6.07) is 3.64. The Morgan fingerprint density at radius 3 is 2.81 bits per heavy atom. The van der Waals surface area contributed by atoms with E-state index in [-0.39, 0.29) is 30.5 Å². The molecular formula is C15H20F3IN4O2S. The number of hydrogen-bond acceptors (Lipinski definition) is 5. The Labute approximate surface area is 170 Å². The van der Waals surface area contributed by atoms with Crippen LogP contribution in [0.5, 0.6) is 0 Å². The van der Waals surface area contributed by atoms with Crippen LogP contribution in [0.4, 0.5) is 13.2 Å². The van der Waals surface area contributed by atoms with E-state index in [0.29, 0.717) is 30.7 Å². The van der Waals surface area contributed by atoms with Gasteiger partial charge >= 0.3 is 6.18 Å². The van der Waals surface area contributed by atoms with Gasteiger partial charge < -0.3 is 19.8 Å². The number of nitrogens with zero attached hydrogens (tertiary/aromatic N) is 2. The van der Waals surface area contributed by atoms with E-state index in [1.54, 1.807) is 19.4 Å². The zero-order chi connectivity index (χ0) is 18.1. The molecule has 11 heteroatoms. The first-order valence-electron chi connectivity index (χ1n) is 7.55. The van der Waals surface area contributed by atoms with Crippen LogP contribution in [0.15, 0.2) is 33.2 Å². The summed E-state index contributed by atoms with van der Waals surface area (Å²) in [5, 5.41) is 7.34. The molecule has 0 amide bonds. The lowest BCUT2D eigenvalue weighted by Gasteiger charge is -2.10. The Kier molecular flexibility index (Phi) is 9.94. The van der Waals surface area contributed by atoms with E-state index in [0.717, 1.165) is 28.9 Å². The fraction of sp³-hybridized carbons (Fsp3) is 0.467. The van der Waals surface area contributed by atoms with Crippen molar-refractivity contribution >= 4 is 41.3 Å². The van der Waals surface area contributed by atoms with Crippen molar-refractivity contribution in [2.45, 2.75) is 25.7 Å². The van der Waals surface area contributed by atoms with Gasteiger partial charge in [0, 0.05) is 25.6 Å². The van der Waals surface area contributed by atoms with E-state index in [1.807, 2.05) is 6.07 Å². The number of alkyl halides is 3. The third-order valence-corrected chi connectivity index (χ3v) is 3.90. The molecule has 0 bridgehead atoms. The fourth-order valence-corrected chi connectivity index (χ4v) is 2.59. The first-order valence-corrected chi connectivity index (χ1v) is 8.43. The minimum absolute atomic E-state index is 0. The molecule has 0 aliphatic carbocycles. The van der Waals surface area contributed by atoms with Crippen LogP contribution in [0.3, 0.4) is 0 Å². The molecule has 6 nitrogen and oxygen atoms in total. The molecule has 146 valence electrons. The van der Waals surface area contributed by atoms with Crippen molar-refractivity contribution in [3.05, 3.63) is 40.2 Å². The molecule has 2 rings (SSSR count). The molecule has 0 atom stereocenters. The summed E-state index contributed by atoms with van der Waals surface area (Å²) >= 11 is 0.957. The highest BCUT2D eigenvalue weighted by Gasteiger charge is 2.33. The molecule has 0 saturated carbocycles. The summed E-state index contributed by atoms with van der Waals surface area (Å²) < 4.78 is 48.1. The predicted molar refractivity (Wildman–Crippen MR) is 104 cm³/mol. The van der Waals surface area contributed by atoms with Crippen molar-refractivity contribution in [1.82, 2.24) is 15.6 Å². The average molecular weight is 504 g/mol. The van der Waals surface area contributed by atoms with Gasteiger partial charge in [0.1, 0.15) is 17.4 Å². The molecule has 0 unspecified atom stereocenters. The van der Waals surface area contributed by atoms with Crippen LogP contribution in [0, 0.1) is 0 Å². The van der Waals surface area contributed by atoms with Gasteiger partial charge in [0.2, 0.25) is 0 Å². The lowest BCUT2D eigenvalue weighted by Crippen LogP contribution is -2.37. The molecule has 0 saturated heterocycles. The van der Waals surface area contributed by atoms with E-state index in [9.17, 15) is 13.2 Å². The van der Waals surface area contributed by atoms with E-state index >= 15 is 0 Å². The van der Waals surface area contributed by atoms with E-state index in [4.69, 9.17) is 9.15 Å². The summed E-state index contributed by atoms with van der Waals surface area (Å²) in [7, 11) is 1.59. The van der Waals surface area contributed by atoms with Crippen molar-refractivity contribution in [2.75, 3.05) is 20.2 Å². The Hall–Kier alpha value is -1.34. The Bertz CT molecular complexity index is 662. The van der Waals surface area contributed by atoms with Crippen LogP contribution in [-0.2, 0) is 24.1 Å². The monoisotopic (exact) mass is 504 g/mol. The van der Waals surface area contributed by atoms with Gasteiger partial charge in [-0.15, -0.1) is 35.3 Å². The number of furan rings is 1. The Balaban J connectivity index is 0.00000338. The molecule has 2 N–H and O–H groups in total. The second-order valence-corrected chi connectivity index (χ2v) is 5.90. The van der Waals surface area contributed by atoms with E-state index < -0.39 is 11.9 Å². The summed E-state index contributed by atoms with van der Waals surface area (Å²) in [5.41, 5.74) is -0.869. The van der Waals surface area contributed by atoms with Crippen LogP contribution in [0.2, 0.25) is 0 Å². The third kappa shape index (κ3) is 7.91. The normalized spacial score (nSPS) is 11.9. The molecule has 2 heterocycles. The highest BCUT2D eigenvalue weighted by molar-refractivity contribution is 14.0. The van der Waals surface area contributed by atoms with Crippen molar-refractivity contribution < 1.29 is 22.3 Å². The molecule has 26 heavy (non-hydrogen) atoms. The zero-order valence-electron chi connectivity index (χ0n) is 14.0. The standard InChI is InChI=1S/C15H19F3N4O2S.HI/c1-19-14(20-5-3-6-23-9-11-4-2-7-24-11)21-8-13-22-12(10-25-13)15(16,17)18;/h2,4,7,10H,3,5-6,8-9H2,1H3,(H2,19,20,21);1H. The lowest BCUT2D eigenvalue weighted by atomic mass is 10.4. The number of halogens is 4. The molecule has 0 aliphatic rings. The molecule has 0 aliphatic heterocycles. The number of hydrogen-bond donors (Lipinski definition) is 2. The molecule has 0 spiro atoms. The van der Waals surface area contributed by atoms with Crippen molar-refractivity contribution in [3.8, 4) is 0 Å². The zero-order valence-corrected chi connectivity index (χ0v) is 17.2. The summed E-state index contributed by atoms with van der Waals surface area (Å²) in [4.78, 5) is 7.56. The van der Waals surface area contributed by atoms with Crippen LogP contribution in [0.1, 0.15) is 22.9 Å². The average Bonchev–Trinajstić information content (AvgIpc) is 3.24. The molecular weight excluding hydrogens is 484 g/mol. The molecule has 0 fully saturated rings. The summed E-state index contributed by atoms with van der Waals surface area (Å²) in [6.07, 6.45) is -2.07. The number of rotatable bonds is 8. The number of aliphatic imine (C=N–C) groups is 1. The highest BCUT2D eigenvalue weighted by atomic mass is 127. The van der Waals surface area contributed by atoms with Crippen LogP contribution in [0.25, 0.3) is 0 Å². The maximum Gasteiger partial charge on any atom is 0.434 e. The molecule has 2 aromatic rings. The molecule has 2 aromatic heterocycles. The first-order chi connectivity index (χ1) is 12.0. The summed E-state index contributed by atoms with van der Waals surface area (Å²) in [6.45, 7) is 1.76. The van der Waals surface area contributed by atoms with Gasteiger partial charge in [-0.2, -0.15) is 13.2 Å². The smallest absolute Gasteiger partial charge is 0.434 e. The second kappa shape index (κ2) is 11.4. The van der Waals surface area contributed by atoms with Gasteiger partial charge in [-0.1, -0.05) is 0 Å². The number of nitrogens with one attached hydrogen (secondary N) is 2. The minimum Gasteiger partial charge on any atom is -0.467 e. The maximum atomic E-state index is 12.5. The number of ether oxygens (including phenoxy) is 1. The Morgan fingerprint density at radius 2 is 2.19 bits per heavy atom. The second-order valence-electron chi connectivity index (χ2n) is 4.96. The van der Waals surface area contributed by atoms with Crippen LogP contribution >= 0.6 is 35.3 Å². The first kappa shape index (κ1) is 22.7. The van der Waals surface area contributed by atoms with Gasteiger partial charge in [0.25, 0.3) is 0 Å². The third-order valence-electron chi connectivity index (χ3n) is 3.06. The largest absolute Gasteiger partial charge is 0.467 e. The predicted octanol–water partition coefficient (Wildman–Crippen LogP) is 3.64. The van der Waals surface area contributed by atoms with E-state index in [2.05, 4.69) is 20.6 Å². The lowest BCUT2D eigenvalue weighted by molar-refractivity contribution is -0.140. The molecule has 0 radical (unpaired) electrons. The molecule has 0 aromatic carbocycles. The number of thiazole rings is 1. The fourth-order valence-electron chi connectivity index (χ4n) is 1.85. The van der Waals surface area contributed by atoms with Gasteiger partial charge in [-0.05, 0) is 18.6 Å². The van der Waals surface area contributed by atoms with Crippen LogP contribution in [-0.4, -0.2) is 31.1 Å². The van der Waals surface area contributed by atoms with E-state index in [1.165, 1.54) is 0 Å². The number of aromatic nitrogens is 1. The van der Waals surface area contributed by atoms with Crippen molar-refractivity contribution in [2.24, 2.45) is 4.99 Å².